The molecule has 4 N–H and O–H groups in total. The highest BCUT2D eigenvalue weighted by molar-refractivity contribution is 5.94. The van der Waals surface area contributed by atoms with Gasteiger partial charge in [-0.2, -0.15) is 0 Å². The fourth-order valence-electron chi connectivity index (χ4n) is 1.29. The molecule has 0 aliphatic carbocycles. The molecule has 2 rings (SSSR count). The van der Waals surface area contributed by atoms with Gasteiger partial charge in [-0.05, 0) is 12.1 Å². The minimum absolute atomic E-state index is 0.0406. The van der Waals surface area contributed by atoms with E-state index in [9.17, 15) is 14.4 Å². The predicted molar refractivity (Wildman–Crippen MR) is 65.2 cm³/mol. The number of aromatic nitrogens is 2. The van der Waals surface area contributed by atoms with Crippen molar-refractivity contribution in [1.82, 2.24) is 15.4 Å². The zero-order valence-electron chi connectivity index (χ0n) is 9.19. The van der Waals surface area contributed by atoms with Crippen molar-refractivity contribution in [1.29, 1.82) is 0 Å². The molecular formula is C11H10N4O3. The van der Waals surface area contributed by atoms with Gasteiger partial charge in [0, 0.05) is 11.8 Å². The summed E-state index contributed by atoms with van der Waals surface area (Å²) >= 11 is 0. The molecule has 0 atom stereocenters. The molecule has 1 heterocycles. The second-order valence-corrected chi connectivity index (χ2v) is 3.43. The average molecular weight is 246 g/mol. The summed E-state index contributed by atoms with van der Waals surface area (Å²) in [4.78, 5) is 38.0. The van der Waals surface area contributed by atoms with E-state index in [2.05, 4.69) is 15.8 Å². The van der Waals surface area contributed by atoms with Crippen LogP contribution in [0.3, 0.4) is 0 Å². The number of hydrogen-bond acceptors (Lipinski definition) is 4. The number of hydrazine groups is 1. The van der Waals surface area contributed by atoms with E-state index in [-0.39, 0.29) is 11.6 Å². The molecule has 1 aromatic heterocycles. The summed E-state index contributed by atoms with van der Waals surface area (Å²) in [5.41, 5.74) is 4.03. The molecule has 0 saturated heterocycles. The maximum absolute atomic E-state index is 11.6. The van der Waals surface area contributed by atoms with Crippen LogP contribution in [0.1, 0.15) is 10.4 Å². The molecule has 0 bridgehead atoms. The summed E-state index contributed by atoms with van der Waals surface area (Å²) in [7, 11) is 0. The summed E-state index contributed by atoms with van der Waals surface area (Å²) in [6, 6.07) is 8.50. The average Bonchev–Trinajstić information content (AvgIpc) is 2.38. The fraction of sp³-hybridized carbons (Fsp3) is 0. The maximum atomic E-state index is 11.6. The van der Waals surface area contributed by atoms with Gasteiger partial charge in [0.1, 0.15) is 5.69 Å². The van der Waals surface area contributed by atoms with Gasteiger partial charge in [-0.25, -0.2) is 4.79 Å². The van der Waals surface area contributed by atoms with Gasteiger partial charge in [-0.3, -0.25) is 25.4 Å². The van der Waals surface area contributed by atoms with E-state index in [1.165, 1.54) is 6.20 Å². The van der Waals surface area contributed by atoms with E-state index < -0.39 is 11.2 Å². The molecule has 0 spiro atoms. The monoisotopic (exact) mass is 246 g/mol. The highest BCUT2D eigenvalue weighted by Gasteiger charge is 2.05. The Morgan fingerprint density at radius 1 is 1.11 bits per heavy atom. The largest absolute Gasteiger partial charge is 0.325 e. The quantitative estimate of drug-likeness (QED) is 0.563. The van der Waals surface area contributed by atoms with Crippen LogP contribution in [0.4, 0.5) is 5.69 Å². The van der Waals surface area contributed by atoms with Crippen LogP contribution in [0.25, 0.3) is 0 Å². The number of benzene rings is 1. The second kappa shape index (κ2) is 5.00. The van der Waals surface area contributed by atoms with Gasteiger partial charge in [0.05, 0.1) is 0 Å². The lowest BCUT2D eigenvalue weighted by molar-refractivity contribution is 0.0962. The Morgan fingerprint density at radius 3 is 2.50 bits per heavy atom. The van der Waals surface area contributed by atoms with E-state index in [1.54, 1.807) is 30.3 Å². The number of carbonyl (C=O) groups excluding carboxylic acids is 1. The molecule has 0 saturated carbocycles. The minimum Gasteiger partial charge on any atom is -0.312 e. The Balaban J connectivity index is 2.06. The summed E-state index contributed by atoms with van der Waals surface area (Å²) in [5, 5.41) is 0. The smallest absolute Gasteiger partial charge is 0.312 e. The maximum Gasteiger partial charge on any atom is 0.325 e. The fourth-order valence-corrected chi connectivity index (χ4v) is 1.29. The third-order valence-electron chi connectivity index (χ3n) is 2.17. The first-order chi connectivity index (χ1) is 8.66. The van der Waals surface area contributed by atoms with Gasteiger partial charge in [-0.15, -0.1) is 0 Å². The summed E-state index contributed by atoms with van der Waals surface area (Å²) in [6.07, 6.45) is 1.17. The van der Waals surface area contributed by atoms with Gasteiger partial charge < -0.3 is 4.98 Å². The van der Waals surface area contributed by atoms with Crippen molar-refractivity contribution < 1.29 is 4.79 Å². The van der Waals surface area contributed by atoms with Crippen molar-refractivity contribution >= 4 is 11.6 Å². The van der Waals surface area contributed by atoms with Gasteiger partial charge >= 0.3 is 5.69 Å². The van der Waals surface area contributed by atoms with Crippen LogP contribution < -0.4 is 22.1 Å². The third-order valence-corrected chi connectivity index (χ3v) is 2.17. The van der Waals surface area contributed by atoms with Crippen LogP contribution in [0.5, 0.6) is 0 Å². The molecule has 0 aliphatic rings. The zero-order valence-corrected chi connectivity index (χ0v) is 9.19. The SMILES string of the molecule is O=C(NNc1c[nH]c(=O)[nH]c1=O)c1ccccc1. The highest BCUT2D eigenvalue weighted by atomic mass is 16.2. The van der Waals surface area contributed by atoms with Crippen LogP contribution in [-0.2, 0) is 0 Å². The first kappa shape index (κ1) is 11.6. The number of rotatable bonds is 3. The molecule has 0 unspecified atom stereocenters. The zero-order chi connectivity index (χ0) is 13.0. The van der Waals surface area contributed by atoms with Crippen LogP contribution in [0, 0.1) is 0 Å². The number of anilines is 1. The van der Waals surface area contributed by atoms with Crippen molar-refractivity contribution in [2.75, 3.05) is 5.43 Å². The number of carbonyl (C=O) groups is 1. The molecule has 7 nitrogen and oxygen atoms in total. The van der Waals surface area contributed by atoms with Crippen molar-refractivity contribution in [3.63, 3.8) is 0 Å². The second-order valence-electron chi connectivity index (χ2n) is 3.43. The molecule has 0 fully saturated rings. The summed E-state index contributed by atoms with van der Waals surface area (Å²) < 4.78 is 0. The predicted octanol–water partition coefficient (Wildman–Crippen LogP) is -0.180. The van der Waals surface area contributed by atoms with Crippen LogP contribution >= 0.6 is 0 Å². The molecule has 2 aromatic rings. The number of H-pyrrole nitrogens is 2. The number of aromatic amines is 2. The lowest BCUT2D eigenvalue weighted by Gasteiger charge is -2.06. The van der Waals surface area contributed by atoms with E-state index in [4.69, 9.17) is 0 Å². The number of amides is 1. The van der Waals surface area contributed by atoms with E-state index >= 15 is 0 Å². The first-order valence-electron chi connectivity index (χ1n) is 5.10. The van der Waals surface area contributed by atoms with Crippen molar-refractivity contribution in [2.45, 2.75) is 0 Å². The minimum atomic E-state index is -0.618. The topological polar surface area (TPSA) is 107 Å². The van der Waals surface area contributed by atoms with Crippen LogP contribution in [0.15, 0.2) is 46.1 Å². The molecule has 18 heavy (non-hydrogen) atoms. The van der Waals surface area contributed by atoms with Crippen molar-refractivity contribution in [3.8, 4) is 0 Å². The highest BCUT2D eigenvalue weighted by Crippen LogP contribution is 1.98. The summed E-state index contributed by atoms with van der Waals surface area (Å²) in [5.74, 6) is -0.388. The van der Waals surface area contributed by atoms with Crippen LogP contribution in [-0.4, -0.2) is 15.9 Å². The van der Waals surface area contributed by atoms with E-state index in [0.29, 0.717) is 5.56 Å². The van der Waals surface area contributed by atoms with Crippen molar-refractivity contribution in [2.24, 2.45) is 0 Å². The molecule has 1 amide bonds. The normalized spacial score (nSPS) is 9.78. The number of nitrogens with one attached hydrogen (secondary N) is 4. The Hall–Kier alpha value is -2.83. The molecule has 1 aromatic carbocycles. The lowest BCUT2D eigenvalue weighted by Crippen LogP contribution is -2.34. The Labute approximate surface area is 101 Å². The Kier molecular flexibility index (Phi) is 3.24. The number of hydrogen-bond donors (Lipinski definition) is 4. The van der Waals surface area contributed by atoms with Gasteiger partial charge in [0.15, 0.2) is 0 Å². The van der Waals surface area contributed by atoms with E-state index in [1.807, 2.05) is 4.98 Å². The molecular weight excluding hydrogens is 236 g/mol. The van der Waals surface area contributed by atoms with Crippen LogP contribution in [0.2, 0.25) is 0 Å². The molecule has 0 aliphatic heterocycles. The van der Waals surface area contributed by atoms with Crippen molar-refractivity contribution in [3.05, 3.63) is 62.9 Å². The van der Waals surface area contributed by atoms with Gasteiger partial charge in [0.2, 0.25) is 0 Å². The molecule has 92 valence electrons. The Bertz CT molecular complexity index is 660. The van der Waals surface area contributed by atoms with E-state index in [0.717, 1.165) is 0 Å². The first-order valence-corrected chi connectivity index (χ1v) is 5.10. The molecule has 0 radical (unpaired) electrons. The standard InChI is InChI=1S/C11H10N4O3/c16-9(7-4-2-1-3-5-7)15-14-8-6-12-11(18)13-10(8)17/h1-6,14H,(H,15,16)(H2,12,13,17,18). The summed E-state index contributed by atoms with van der Waals surface area (Å²) in [6.45, 7) is 0. The third kappa shape index (κ3) is 2.64. The van der Waals surface area contributed by atoms with Gasteiger partial charge in [-0.1, -0.05) is 18.2 Å². The van der Waals surface area contributed by atoms with Gasteiger partial charge in [0.25, 0.3) is 11.5 Å². The lowest BCUT2D eigenvalue weighted by atomic mass is 10.2. The molecule has 7 heteroatoms. The Morgan fingerprint density at radius 2 is 1.83 bits per heavy atom.